The Kier molecular flexibility index (Phi) is 3.69. The number of H-pyrrole nitrogens is 1. The SMILES string of the molecule is C(=NNc1nncc(-c2ccccc2)n1)c1c[nH]c2ccccc12. The van der Waals surface area contributed by atoms with E-state index in [1.807, 2.05) is 60.8 Å². The molecular formula is C18H14N6. The molecule has 0 radical (unpaired) electrons. The summed E-state index contributed by atoms with van der Waals surface area (Å²) in [5.41, 5.74) is 6.62. The third-order valence-corrected chi connectivity index (χ3v) is 3.62. The Morgan fingerprint density at radius 3 is 2.75 bits per heavy atom. The number of hydrogen-bond donors (Lipinski definition) is 2. The van der Waals surface area contributed by atoms with Gasteiger partial charge in [-0.1, -0.05) is 48.5 Å². The van der Waals surface area contributed by atoms with Gasteiger partial charge in [-0.15, -0.1) is 5.10 Å². The molecule has 4 aromatic rings. The highest BCUT2D eigenvalue weighted by molar-refractivity contribution is 5.99. The van der Waals surface area contributed by atoms with Crippen LogP contribution in [-0.4, -0.2) is 26.4 Å². The standard InChI is InChI=1S/C18H14N6/c1-2-6-13(7-3-1)17-12-21-24-18(22-17)23-20-11-14-10-19-16-9-5-4-8-15(14)16/h1-12,19H,(H,22,23,24). The second-order valence-electron chi connectivity index (χ2n) is 5.19. The molecular weight excluding hydrogens is 300 g/mol. The lowest BCUT2D eigenvalue weighted by atomic mass is 10.2. The van der Waals surface area contributed by atoms with Crippen molar-refractivity contribution < 1.29 is 0 Å². The lowest BCUT2D eigenvalue weighted by Crippen LogP contribution is -1.99. The summed E-state index contributed by atoms with van der Waals surface area (Å²) in [6, 6.07) is 17.9. The monoisotopic (exact) mass is 314 g/mol. The van der Waals surface area contributed by atoms with E-state index in [-0.39, 0.29) is 0 Å². The van der Waals surface area contributed by atoms with Crippen molar-refractivity contribution in [1.82, 2.24) is 20.2 Å². The molecule has 0 aliphatic heterocycles. The maximum atomic E-state index is 4.42. The van der Waals surface area contributed by atoms with Gasteiger partial charge in [0.15, 0.2) is 0 Å². The fourth-order valence-electron chi connectivity index (χ4n) is 2.46. The summed E-state index contributed by atoms with van der Waals surface area (Å²) in [5, 5.41) is 13.2. The van der Waals surface area contributed by atoms with E-state index in [1.54, 1.807) is 12.4 Å². The Morgan fingerprint density at radius 1 is 1.00 bits per heavy atom. The van der Waals surface area contributed by atoms with Crippen LogP contribution in [0, 0.1) is 0 Å². The van der Waals surface area contributed by atoms with Gasteiger partial charge in [0.05, 0.1) is 18.1 Å². The molecule has 0 aliphatic rings. The smallest absolute Gasteiger partial charge is 0.263 e. The number of aromatic nitrogens is 4. The summed E-state index contributed by atoms with van der Waals surface area (Å²) in [5.74, 6) is 0.354. The van der Waals surface area contributed by atoms with Crippen LogP contribution in [0.1, 0.15) is 5.56 Å². The van der Waals surface area contributed by atoms with Crippen molar-refractivity contribution in [3.05, 3.63) is 72.6 Å². The van der Waals surface area contributed by atoms with E-state index in [0.29, 0.717) is 5.95 Å². The van der Waals surface area contributed by atoms with E-state index < -0.39 is 0 Å². The van der Waals surface area contributed by atoms with Crippen LogP contribution >= 0.6 is 0 Å². The van der Waals surface area contributed by atoms with Gasteiger partial charge in [0.1, 0.15) is 0 Å². The average Bonchev–Trinajstić information content (AvgIpc) is 3.06. The van der Waals surface area contributed by atoms with Gasteiger partial charge in [-0.2, -0.15) is 10.2 Å². The molecule has 0 fully saturated rings. The average molecular weight is 314 g/mol. The summed E-state index contributed by atoms with van der Waals surface area (Å²) in [6.07, 6.45) is 5.27. The molecule has 4 rings (SSSR count). The lowest BCUT2D eigenvalue weighted by Gasteiger charge is -2.01. The van der Waals surface area contributed by atoms with E-state index in [1.165, 1.54) is 0 Å². The van der Waals surface area contributed by atoms with Crippen molar-refractivity contribution in [3.63, 3.8) is 0 Å². The highest BCUT2D eigenvalue weighted by Crippen LogP contribution is 2.17. The van der Waals surface area contributed by atoms with Crippen molar-refractivity contribution in [3.8, 4) is 11.3 Å². The van der Waals surface area contributed by atoms with Gasteiger partial charge in [0.2, 0.25) is 0 Å². The number of aromatic amines is 1. The highest BCUT2D eigenvalue weighted by Gasteiger charge is 2.02. The Labute approximate surface area is 138 Å². The van der Waals surface area contributed by atoms with Gasteiger partial charge in [-0.3, -0.25) is 0 Å². The largest absolute Gasteiger partial charge is 0.361 e. The molecule has 24 heavy (non-hydrogen) atoms. The van der Waals surface area contributed by atoms with E-state index in [0.717, 1.165) is 27.7 Å². The predicted octanol–water partition coefficient (Wildman–Crippen LogP) is 3.47. The highest BCUT2D eigenvalue weighted by atomic mass is 15.4. The molecule has 116 valence electrons. The first-order chi connectivity index (χ1) is 11.9. The van der Waals surface area contributed by atoms with Crippen LogP contribution < -0.4 is 5.43 Å². The van der Waals surface area contributed by atoms with Crippen LogP contribution in [-0.2, 0) is 0 Å². The van der Waals surface area contributed by atoms with Crippen molar-refractivity contribution in [2.45, 2.75) is 0 Å². The number of nitrogens with one attached hydrogen (secondary N) is 2. The van der Waals surface area contributed by atoms with Gasteiger partial charge >= 0.3 is 0 Å². The van der Waals surface area contributed by atoms with Crippen molar-refractivity contribution in [1.29, 1.82) is 0 Å². The first-order valence-electron chi connectivity index (χ1n) is 7.50. The Morgan fingerprint density at radius 2 is 1.83 bits per heavy atom. The van der Waals surface area contributed by atoms with E-state index in [4.69, 9.17) is 0 Å². The maximum absolute atomic E-state index is 4.42. The van der Waals surface area contributed by atoms with Gasteiger partial charge in [-0.05, 0) is 6.07 Å². The third kappa shape index (κ3) is 2.85. The number of fused-ring (bicyclic) bond motifs is 1. The molecule has 2 aromatic heterocycles. The fraction of sp³-hybridized carbons (Fsp3) is 0. The zero-order valence-electron chi connectivity index (χ0n) is 12.7. The molecule has 6 nitrogen and oxygen atoms in total. The maximum Gasteiger partial charge on any atom is 0.263 e. The van der Waals surface area contributed by atoms with E-state index in [9.17, 15) is 0 Å². The molecule has 0 saturated heterocycles. The minimum atomic E-state index is 0.354. The molecule has 2 N–H and O–H groups in total. The second kappa shape index (κ2) is 6.29. The van der Waals surface area contributed by atoms with Crippen molar-refractivity contribution >= 4 is 23.1 Å². The van der Waals surface area contributed by atoms with E-state index >= 15 is 0 Å². The number of anilines is 1. The number of hydrogen-bond acceptors (Lipinski definition) is 5. The molecule has 0 aliphatic carbocycles. The number of rotatable bonds is 4. The number of benzene rings is 2. The molecule has 2 heterocycles. The van der Waals surface area contributed by atoms with Crippen LogP contribution in [0.3, 0.4) is 0 Å². The first kappa shape index (κ1) is 14.1. The fourth-order valence-corrected chi connectivity index (χ4v) is 2.46. The zero-order chi connectivity index (χ0) is 16.2. The molecule has 0 saturated carbocycles. The molecule has 2 aromatic carbocycles. The van der Waals surface area contributed by atoms with Crippen molar-refractivity contribution in [2.75, 3.05) is 5.43 Å². The Balaban J connectivity index is 1.54. The minimum Gasteiger partial charge on any atom is -0.361 e. The topological polar surface area (TPSA) is 78.8 Å². The normalized spacial score (nSPS) is 11.2. The molecule has 0 amide bonds. The molecule has 0 spiro atoms. The second-order valence-corrected chi connectivity index (χ2v) is 5.19. The van der Waals surface area contributed by atoms with Crippen LogP contribution in [0.25, 0.3) is 22.2 Å². The van der Waals surface area contributed by atoms with Crippen LogP contribution in [0.15, 0.2) is 72.1 Å². The lowest BCUT2D eigenvalue weighted by molar-refractivity contribution is 0.967. The summed E-state index contributed by atoms with van der Waals surface area (Å²) in [6.45, 7) is 0. The van der Waals surface area contributed by atoms with Gasteiger partial charge < -0.3 is 4.98 Å². The van der Waals surface area contributed by atoms with Gasteiger partial charge in [-0.25, -0.2) is 10.4 Å². The summed E-state index contributed by atoms with van der Waals surface area (Å²) >= 11 is 0. The summed E-state index contributed by atoms with van der Waals surface area (Å²) < 4.78 is 0. The minimum absolute atomic E-state index is 0.354. The number of para-hydroxylation sites is 1. The zero-order valence-corrected chi connectivity index (χ0v) is 12.7. The molecule has 0 atom stereocenters. The van der Waals surface area contributed by atoms with E-state index in [2.05, 4.69) is 30.7 Å². The Bertz CT molecular complexity index is 991. The molecule has 6 heteroatoms. The van der Waals surface area contributed by atoms with Crippen LogP contribution in [0.4, 0.5) is 5.95 Å². The Hall–Kier alpha value is -3.54. The summed E-state index contributed by atoms with van der Waals surface area (Å²) in [4.78, 5) is 7.62. The number of nitrogens with zero attached hydrogens (tertiary/aromatic N) is 4. The van der Waals surface area contributed by atoms with Crippen LogP contribution in [0.5, 0.6) is 0 Å². The summed E-state index contributed by atoms with van der Waals surface area (Å²) in [7, 11) is 0. The molecule has 0 unspecified atom stereocenters. The van der Waals surface area contributed by atoms with Gasteiger partial charge in [0, 0.05) is 28.2 Å². The van der Waals surface area contributed by atoms with Crippen LogP contribution in [0.2, 0.25) is 0 Å². The van der Waals surface area contributed by atoms with Gasteiger partial charge in [0.25, 0.3) is 5.95 Å². The van der Waals surface area contributed by atoms with Crippen molar-refractivity contribution in [2.24, 2.45) is 5.10 Å². The quantitative estimate of drug-likeness (QED) is 0.446. The molecule has 0 bridgehead atoms. The number of hydrazone groups is 1. The first-order valence-corrected chi connectivity index (χ1v) is 7.50. The predicted molar refractivity (Wildman–Crippen MR) is 94.8 cm³/mol. The third-order valence-electron chi connectivity index (χ3n) is 3.62.